The molecule has 1 saturated heterocycles. The van der Waals surface area contributed by atoms with Gasteiger partial charge in [-0.2, -0.15) is 0 Å². The second-order valence-corrected chi connectivity index (χ2v) is 4.24. The van der Waals surface area contributed by atoms with Gasteiger partial charge in [-0.3, -0.25) is 4.90 Å². The van der Waals surface area contributed by atoms with Crippen LogP contribution in [0.5, 0.6) is 0 Å². The van der Waals surface area contributed by atoms with Crippen LogP contribution in [0.4, 0.5) is 13.2 Å². The van der Waals surface area contributed by atoms with Crippen molar-refractivity contribution in [1.29, 1.82) is 0 Å². The first-order chi connectivity index (χ1) is 8.66. The molecule has 0 radical (unpaired) electrons. The van der Waals surface area contributed by atoms with E-state index in [1.165, 1.54) is 6.08 Å². The summed E-state index contributed by atoms with van der Waals surface area (Å²) in [5.74, 6) is -2.64. The Morgan fingerprint density at radius 1 is 1.11 bits per heavy atom. The summed E-state index contributed by atoms with van der Waals surface area (Å²) in [4.78, 5) is 2.17. The fourth-order valence-corrected chi connectivity index (χ4v) is 1.93. The molecule has 2 rings (SSSR count). The van der Waals surface area contributed by atoms with Crippen molar-refractivity contribution < 1.29 is 13.2 Å². The molecule has 1 heterocycles. The van der Waals surface area contributed by atoms with Gasteiger partial charge in [0.25, 0.3) is 0 Å². The molecule has 0 bridgehead atoms. The molecule has 1 aliphatic rings. The van der Waals surface area contributed by atoms with Gasteiger partial charge in [-0.25, -0.2) is 13.2 Å². The van der Waals surface area contributed by atoms with Crippen LogP contribution >= 0.6 is 0 Å². The van der Waals surface area contributed by atoms with Crippen LogP contribution in [0.3, 0.4) is 0 Å². The first-order valence-corrected chi connectivity index (χ1v) is 5.91. The lowest BCUT2D eigenvalue weighted by molar-refractivity contribution is 0.265. The van der Waals surface area contributed by atoms with Gasteiger partial charge < -0.3 is 5.32 Å². The fraction of sp³-hybridized carbons (Fsp3) is 0.385. The molecule has 1 aromatic carbocycles. The van der Waals surface area contributed by atoms with E-state index in [1.54, 1.807) is 6.08 Å². The number of nitrogens with zero attached hydrogens (tertiary/aromatic N) is 1. The Kier molecular flexibility index (Phi) is 4.38. The zero-order valence-electron chi connectivity index (χ0n) is 9.93. The van der Waals surface area contributed by atoms with E-state index in [0.717, 1.165) is 26.2 Å². The molecule has 1 aliphatic heterocycles. The summed E-state index contributed by atoms with van der Waals surface area (Å²) in [5.41, 5.74) is -0.188. The Bertz CT molecular complexity index is 417. The zero-order valence-corrected chi connectivity index (χ0v) is 9.93. The van der Waals surface area contributed by atoms with E-state index in [-0.39, 0.29) is 5.56 Å². The summed E-state index contributed by atoms with van der Waals surface area (Å²) in [7, 11) is 0. The summed E-state index contributed by atoms with van der Waals surface area (Å²) < 4.78 is 39.3. The van der Waals surface area contributed by atoms with Gasteiger partial charge >= 0.3 is 0 Å². The smallest absolute Gasteiger partial charge is 0.136 e. The molecule has 2 nitrogen and oxygen atoms in total. The van der Waals surface area contributed by atoms with Gasteiger partial charge in [-0.15, -0.1) is 0 Å². The van der Waals surface area contributed by atoms with Crippen LogP contribution in [0.1, 0.15) is 5.56 Å². The molecule has 5 heteroatoms. The lowest BCUT2D eigenvalue weighted by Gasteiger charge is -2.25. The quantitative estimate of drug-likeness (QED) is 0.890. The van der Waals surface area contributed by atoms with E-state index in [4.69, 9.17) is 0 Å². The van der Waals surface area contributed by atoms with Gasteiger partial charge in [0.05, 0.1) is 0 Å². The lowest BCUT2D eigenvalue weighted by Crippen LogP contribution is -2.43. The van der Waals surface area contributed by atoms with Gasteiger partial charge in [0, 0.05) is 50.4 Å². The largest absolute Gasteiger partial charge is 0.314 e. The Hall–Kier alpha value is -1.33. The molecule has 98 valence electrons. The molecule has 0 atom stereocenters. The third kappa shape index (κ3) is 3.34. The molecule has 0 unspecified atom stereocenters. The van der Waals surface area contributed by atoms with Crippen molar-refractivity contribution in [3.05, 3.63) is 41.2 Å². The number of piperazine rings is 1. The molecular weight excluding hydrogens is 241 g/mol. The van der Waals surface area contributed by atoms with E-state index in [0.29, 0.717) is 18.7 Å². The summed E-state index contributed by atoms with van der Waals surface area (Å²) in [5, 5.41) is 3.22. The number of hydrogen-bond donors (Lipinski definition) is 1. The first-order valence-electron chi connectivity index (χ1n) is 5.91. The summed E-state index contributed by atoms with van der Waals surface area (Å²) >= 11 is 0. The molecule has 1 aromatic rings. The van der Waals surface area contributed by atoms with E-state index >= 15 is 0 Å². The molecule has 0 saturated carbocycles. The zero-order chi connectivity index (χ0) is 13.0. The van der Waals surface area contributed by atoms with Crippen molar-refractivity contribution in [2.24, 2.45) is 0 Å². The number of halogens is 3. The van der Waals surface area contributed by atoms with Crippen molar-refractivity contribution in [3.8, 4) is 0 Å². The fourth-order valence-electron chi connectivity index (χ4n) is 1.93. The van der Waals surface area contributed by atoms with Crippen LogP contribution in [0.25, 0.3) is 6.08 Å². The average Bonchev–Trinajstić information content (AvgIpc) is 2.34. The molecule has 1 N–H and O–H groups in total. The topological polar surface area (TPSA) is 15.3 Å². The highest BCUT2D eigenvalue weighted by atomic mass is 19.1. The number of benzene rings is 1. The number of nitrogens with one attached hydrogen (secondary N) is 1. The van der Waals surface area contributed by atoms with E-state index in [9.17, 15) is 13.2 Å². The standard InChI is InChI=1S/C13H15F3N2/c14-10-8-12(15)11(13(16)9-10)2-1-5-18-6-3-17-4-7-18/h1-2,8-9,17H,3-7H2/b2-1+. The third-order valence-corrected chi connectivity index (χ3v) is 2.90. The van der Waals surface area contributed by atoms with Crippen LogP contribution in [-0.4, -0.2) is 37.6 Å². The Morgan fingerprint density at radius 3 is 2.33 bits per heavy atom. The lowest BCUT2D eigenvalue weighted by atomic mass is 10.1. The Morgan fingerprint density at radius 2 is 1.72 bits per heavy atom. The van der Waals surface area contributed by atoms with Crippen molar-refractivity contribution in [2.45, 2.75) is 0 Å². The van der Waals surface area contributed by atoms with Crippen molar-refractivity contribution in [3.63, 3.8) is 0 Å². The molecule has 0 aliphatic carbocycles. The second-order valence-electron chi connectivity index (χ2n) is 4.24. The van der Waals surface area contributed by atoms with Gasteiger partial charge in [0.15, 0.2) is 0 Å². The normalized spacial score (nSPS) is 17.5. The maximum absolute atomic E-state index is 13.3. The monoisotopic (exact) mass is 256 g/mol. The summed E-state index contributed by atoms with van der Waals surface area (Å²) in [6, 6.07) is 1.38. The Balaban J connectivity index is 2.00. The predicted molar refractivity (Wildman–Crippen MR) is 64.7 cm³/mol. The summed E-state index contributed by atoms with van der Waals surface area (Å²) in [6.07, 6.45) is 3.07. The van der Waals surface area contributed by atoms with Crippen LogP contribution < -0.4 is 5.32 Å². The number of hydrogen-bond acceptors (Lipinski definition) is 2. The minimum Gasteiger partial charge on any atom is -0.314 e. The van der Waals surface area contributed by atoms with Gasteiger partial charge in [0.2, 0.25) is 0 Å². The first kappa shape index (κ1) is 13.1. The van der Waals surface area contributed by atoms with Crippen LogP contribution in [0.15, 0.2) is 18.2 Å². The third-order valence-electron chi connectivity index (χ3n) is 2.90. The molecule has 0 aromatic heterocycles. The minimum absolute atomic E-state index is 0.188. The van der Waals surface area contributed by atoms with Crippen molar-refractivity contribution in [2.75, 3.05) is 32.7 Å². The summed E-state index contributed by atoms with van der Waals surface area (Å²) in [6.45, 7) is 4.32. The van der Waals surface area contributed by atoms with E-state index in [1.807, 2.05) is 0 Å². The maximum atomic E-state index is 13.3. The highest BCUT2D eigenvalue weighted by Crippen LogP contribution is 2.16. The van der Waals surface area contributed by atoms with Crippen LogP contribution in [0.2, 0.25) is 0 Å². The van der Waals surface area contributed by atoms with Crippen LogP contribution in [0, 0.1) is 17.5 Å². The molecule has 0 spiro atoms. The van der Waals surface area contributed by atoms with Crippen LogP contribution in [-0.2, 0) is 0 Å². The van der Waals surface area contributed by atoms with Crippen molar-refractivity contribution in [1.82, 2.24) is 10.2 Å². The molecule has 18 heavy (non-hydrogen) atoms. The van der Waals surface area contributed by atoms with Gasteiger partial charge in [-0.1, -0.05) is 12.2 Å². The SMILES string of the molecule is Fc1cc(F)c(/C=C/CN2CCNCC2)c(F)c1. The number of rotatable bonds is 3. The highest BCUT2D eigenvalue weighted by Gasteiger charge is 2.09. The highest BCUT2D eigenvalue weighted by molar-refractivity contribution is 5.51. The second kappa shape index (κ2) is 6.02. The van der Waals surface area contributed by atoms with E-state index in [2.05, 4.69) is 10.2 Å². The van der Waals surface area contributed by atoms with Crippen molar-refractivity contribution >= 4 is 6.08 Å². The Labute approximate surface area is 104 Å². The minimum atomic E-state index is -0.899. The van der Waals surface area contributed by atoms with Gasteiger partial charge in [-0.05, 0) is 0 Å². The maximum Gasteiger partial charge on any atom is 0.136 e. The van der Waals surface area contributed by atoms with Gasteiger partial charge in [0.1, 0.15) is 17.5 Å². The molecule has 0 amide bonds. The average molecular weight is 256 g/mol. The van der Waals surface area contributed by atoms with E-state index < -0.39 is 17.5 Å². The molecule has 1 fully saturated rings. The molecular formula is C13H15F3N2. The predicted octanol–water partition coefficient (Wildman–Crippen LogP) is 2.02.